The Bertz CT molecular complexity index is 820. The van der Waals surface area contributed by atoms with Gasteiger partial charge in [-0.1, -0.05) is 18.9 Å². The molecule has 2 aliphatic carbocycles. The maximum absolute atomic E-state index is 6.37. The Morgan fingerprint density at radius 2 is 2.03 bits per heavy atom. The molecular weight excluding hydrogens is 428 g/mol. The van der Waals surface area contributed by atoms with Gasteiger partial charge in [0.1, 0.15) is 5.75 Å². The SMILES string of the molecule is Cl.c1ccc([C@]2(CCNCc3sccc3OCC3CC3)CCOC3(CCCC3)C2)nc1. The topological polar surface area (TPSA) is 43.4 Å². The minimum Gasteiger partial charge on any atom is -0.492 e. The second kappa shape index (κ2) is 10.2. The third-order valence-corrected chi connectivity index (χ3v) is 8.22. The van der Waals surface area contributed by atoms with Crippen LogP contribution in [-0.4, -0.2) is 30.3 Å². The fourth-order valence-corrected chi connectivity index (χ4v) is 6.19. The summed E-state index contributed by atoms with van der Waals surface area (Å²) in [5, 5.41) is 5.86. The summed E-state index contributed by atoms with van der Waals surface area (Å²) in [6.07, 6.45) is 13.0. The van der Waals surface area contributed by atoms with Crippen molar-refractivity contribution in [2.24, 2.45) is 5.92 Å². The molecule has 4 nitrogen and oxygen atoms in total. The summed E-state index contributed by atoms with van der Waals surface area (Å²) >= 11 is 1.80. The third kappa shape index (κ3) is 5.44. The van der Waals surface area contributed by atoms with Crippen molar-refractivity contribution in [3.8, 4) is 5.75 Å². The predicted molar refractivity (Wildman–Crippen MR) is 128 cm³/mol. The van der Waals surface area contributed by atoms with Crippen LogP contribution in [0.1, 0.15) is 68.4 Å². The Balaban J connectivity index is 0.00000231. The quantitative estimate of drug-likeness (QED) is 0.471. The lowest BCUT2D eigenvalue weighted by Crippen LogP contribution is -2.47. The number of thiophene rings is 1. The lowest BCUT2D eigenvalue weighted by Gasteiger charge is -2.46. The molecular formula is C25H35ClN2O2S. The summed E-state index contributed by atoms with van der Waals surface area (Å²) in [5.41, 5.74) is 1.47. The molecule has 2 saturated carbocycles. The number of halogens is 1. The normalized spacial score (nSPS) is 24.8. The summed E-state index contributed by atoms with van der Waals surface area (Å²) in [7, 11) is 0. The van der Waals surface area contributed by atoms with E-state index in [0.717, 1.165) is 57.2 Å². The lowest BCUT2D eigenvalue weighted by molar-refractivity contribution is -0.104. The van der Waals surface area contributed by atoms with Crippen molar-refractivity contribution in [3.05, 3.63) is 46.4 Å². The molecule has 1 N–H and O–H groups in total. The number of aromatic nitrogens is 1. The molecule has 1 spiro atoms. The van der Waals surface area contributed by atoms with E-state index in [1.54, 1.807) is 11.3 Å². The first kappa shape index (κ1) is 23.0. The van der Waals surface area contributed by atoms with Gasteiger partial charge in [-0.15, -0.1) is 23.7 Å². The van der Waals surface area contributed by atoms with Crippen molar-refractivity contribution >= 4 is 23.7 Å². The molecule has 1 atom stereocenters. The van der Waals surface area contributed by atoms with E-state index in [4.69, 9.17) is 14.5 Å². The number of nitrogens with zero attached hydrogens (tertiary/aromatic N) is 1. The van der Waals surface area contributed by atoms with E-state index in [9.17, 15) is 0 Å². The molecule has 5 rings (SSSR count). The highest BCUT2D eigenvalue weighted by Gasteiger charge is 2.48. The molecule has 2 aromatic rings. The van der Waals surface area contributed by atoms with Crippen molar-refractivity contribution in [1.82, 2.24) is 10.3 Å². The minimum absolute atomic E-state index is 0. The fraction of sp³-hybridized carbons (Fsp3) is 0.640. The van der Waals surface area contributed by atoms with Gasteiger partial charge in [0.2, 0.25) is 0 Å². The van der Waals surface area contributed by atoms with Gasteiger partial charge in [-0.2, -0.15) is 0 Å². The molecule has 0 amide bonds. The first-order chi connectivity index (χ1) is 14.8. The molecule has 2 aromatic heterocycles. The van der Waals surface area contributed by atoms with Crippen LogP contribution in [-0.2, 0) is 16.7 Å². The molecule has 3 heterocycles. The van der Waals surface area contributed by atoms with Gasteiger partial charge in [-0.25, -0.2) is 0 Å². The Kier molecular flexibility index (Phi) is 7.58. The summed E-state index contributed by atoms with van der Waals surface area (Å²) in [5.74, 6) is 1.87. The van der Waals surface area contributed by atoms with Crippen LogP contribution in [0.5, 0.6) is 5.75 Å². The zero-order valence-corrected chi connectivity index (χ0v) is 19.9. The van der Waals surface area contributed by atoms with E-state index in [0.29, 0.717) is 0 Å². The average molecular weight is 463 g/mol. The van der Waals surface area contributed by atoms with Crippen molar-refractivity contribution in [2.75, 3.05) is 19.8 Å². The first-order valence-electron chi connectivity index (χ1n) is 11.7. The number of hydrogen-bond donors (Lipinski definition) is 1. The highest BCUT2D eigenvalue weighted by Crippen LogP contribution is 2.49. The van der Waals surface area contributed by atoms with E-state index in [-0.39, 0.29) is 23.4 Å². The van der Waals surface area contributed by atoms with Gasteiger partial charge in [0.05, 0.1) is 17.1 Å². The van der Waals surface area contributed by atoms with Gasteiger partial charge >= 0.3 is 0 Å². The lowest BCUT2D eigenvalue weighted by atomic mass is 9.68. The summed E-state index contributed by atoms with van der Waals surface area (Å²) < 4.78 is 12.4. The largest absolute Gasteiger partial charge is 0.492 e. The monoisotopic (exact) mass is 462 g/mol. The van der Waals surface area contributed by atoms with Gasteiger partial charge < -0.3 is 14.8 Å². The molecule has 0 aromatic carbocycles. The molecule has 1 aliphatic heterocycles. The number of pyridine rings is 1. The van der Waals surface area contributed by atoms with Crippen molar-refractivity contribution in [2.45, 2.75) is 75.3 Å². The molecule has 31 heavy (non-hydrogen) atoms. The number of ether oxygens (including phenoxy) is 2. The average Bonchev–Trinajstić information content (AvgIpc) is 3.34. The van der Waals surface area contributed by atoms with Gasteiger partial charge in [-0.05, 0) is 81.0 Å². The van der Waals surface area contributed by atoms with Crippen molar-refractivity contribution < 1.29 is 9.47 Å². The van der Waals surface area contributed by atoms with Gasteiger partial charge in [0.25, 0.3) is 0 Å². The van der Waals surface area contributed by atoms with E-state index in [1.165, 1.54) is 49.1 Å². The zero-order chi connectivity index (χ0) is 20.3. The van der Waals surface area contributed by atoms with Gasteiger partial charge in [0.15, 0.2) is 0 Å². The Labute approximate surface area is 196 Å². The van der Waals surface area contributed by atoms with E-state index < -0.39 is 0 Å². The zero-order valence-electron chi connectivity index (χ0n) is 18.3. The van der Waals surface area contributed by atoms with Crippen molar-refractivity contribution in [1.29, 1.82) is 0 Å². The minimum atomic E-state index is 0. The standard InChI is InChI=1S/C25H34N2O2S.ClH/c1-4-13-27-23(5-1)24(12-15-29-25(19-24)9-2-3-10-25)11-14-26-17-22-21(8-16-30-22)28-18-20-6-7-20;/h1,4-5,8,13,16,20,26H,2-3,6-7,9-12,14-15,17-19H2;1H/t24-;/m1./s1. The fourth-order valence-electron chi connectivity index (χ4n) is 5.40. The van der Waals surface area contributed by atoms with Crippen LogP contribution in [0.25, 0.3) is 0 Å². The smallest absolute Gasteiger partial charge is 0.134 e. The van der Waals surface area contributed by atoms with Crippen LogP contribution in [0.3, 0.4) is 0 Å². The molecule has 0 bridgehead atoms. The van der Waals surface area contributed by atoms with Crippen LogP contribution in [0.15, 0.2) is 35.8 Å². The Morgan fingerprint density at radius 3 is 2.81 bits per heavy atom. The van der Waals surface area contributed by atoms with Crippen LogP contribution in [0.2, 0.25) is 0 Å². The molecule has 1 saturated heterocycles. The van der Waals surface area contributed by atoms with Crippen LogP contribution >= 0.6 is 23.7 Å². The maximum Gasteiger partial charge on any atom is 0.134 e. The van der Waals surface area contributed by atoms with Crippen LogP contribution in [0.4, 0.5) is 0 Å². The Hall–Kier alpha value is -1.14. The number of rotatable bonds is 9. The summed E-state index contributed by atoms with van der Waals surface area (Å²) in [6.45, 7) is 3.62. The number of hydrogen-bond acceptors (Lipinski definition) is 5. The summed E-state index contributed by atoms with van der Waals surface area (Å²) in [6, 6.07) is 8.53. The van der Waals surface area contributed by atoms with Crippen LogP contribution < -0.4 is 10.1 Å². The van der Waals surface area contributed by atoms with E-state index in [2.05, 4.69) is 28.9 Å². The molecule has 0 radical (unpaired) electrons. The van der Waals surface area contributed by atoms with Gasteiger partial charge in [0, 0.05) is 30.5 Å². The van der Waals surface area contributed by atoms with Crippen LogP contribution in [0, 0.1) is 5.92 Å². The molecule has 3 fully saturated rings. The molecule has 6 heteroatoms. The molecule has 3 aliphatic rings. The van der Waals surface area contributed by atoms with Gasteiger partial charge in [-0.3, -0.25) is 4.98 Å². The molecule has 170 valence electrons. The second-order valence-corrected chi connectivity index (χ2v) is 10.6. The van der Waals surface area contributed by atoms with E-state index in [1.807, 2.05) is 12.3 Å². The number of nitrogens with one attached hydrogen (secondary N) is 1. The molecule has 0 unspecified atom stereocenters. The maximum atomic E-state index is 6.37. The van der Waals surface area contributed by atoms with Crippen molar-refractivity contribution in [3.63, 3.8) is 0 Å². The second-order valence-electron chi connectivity index (χ2n) is 9.55. The highest BCUT2D eigenvalue weighted by atomic mass is 35.5. The predicted octanol–water partition coefficient (Wildman–Crippen LogP) is 5.89. The Morgan fingerprint density at radius 1 is 1.16 bits per heavy atom. The first-order valence-corrected chi connectivity index (χ1v) is 12.6. The third-order valence-electron chi connectivity index (χ3n) is 7.31. The highest BCUT2D eigenvalue weighted by molar-refractivity contribution is 7.10. The summed E-state index contributed by atoms with van der Waals surface area (Å²) in [4.78, 5) is 6.14. The van der Waals surface area contributed by atoms with E-state index >= 15 is 0 Å².